The summed E-state index contributed by atoms with van der Waals surface area (Å²) in [6.07, 6.45) is 3.41. The van der Waals surface area contributed by atoms with Crippen LogP contribution in [0.15, 0.2) is 16.5 Å². The van der Waals surface area contributed by atoms with Crippen molar-refractivity contribution in [3.8, 4) is 0 Å². The molecule has 6 nitrogen and oxygen atoms in total. The van der Waals surface area contributed by atoms with E-state index in [0.717, 1.165) is 11.5 Å². The Bertz CT molecular complexity index is 674. The van der Waals surface area contributed by atoms with Crippen LogP contribution in [-0.4, -0.2) is 56.0 Å². The van der Waals surface area contributed by atoms with Gasteiger partial charge < -0.3 is 9.32 Å². The average molecular weight is 340 g/mol. The first-order valence-corrected chi connectivity index (χ1v) is 10.0. The number of aryl methyl sites for hydroxylation is 1. The van der Waals surface area contributed by atoms with Crippen LogP contribution in [0.2, 0.25) is 0 Å². The van der Waals surface area contributed by atoms with E-state index in [1.165, 1.54) is 17.0 Å². The molecule has 3 rings (SSSR count). The van der Waals surface area contributed by atoms with Gasteiger partial charge in [-0.2, -0.15) is 4.31 Å². The molecule has 1 aromatic rings. The van der Waals surface area contributed by atoms with Crippen molar-refractivity contribution in [3.05, 3.63) is 23.7 Å². The lowest BCUT2D eigenvalue weighted by Crippen LogP contribution is -2.50. The van der Waals surface area contributed by atoms with Crippen molar-refractivity contribution in [2.24, 2.45) is 5.92 Å². The van der Waals surface area contributed by atoms with E-state index in [0.29, 0.717) is 50.9 Å². The van der Waals surface area contributed by atoms with E-state index in [2.05, 4.69) is 6.92 Å². The smallest absolute Gasteiger partial charge is 0.223 e. The molecule has 128 valence electrons. The highest BCUT2D eigenvalue weighted by molar-refractivity contribution is 7.88. The maximum Gasteiger partial charge on any atom is 0.223 e. The molecule has 1 aliphatic heterocycles. The van der Waals surface area contributed by atoms with E-state index in [-0.39, 0.29) is 5.91 Å². The molecule has 0 spiro atoms. The summed E-state index contributed by atoms with van der Waals surface area (Å²) < 4.78 is 30.2. The van der Waals surface area contributed by atoms with Crippen LogP contribution >= 0.6 is 0 Å². The molecule has 23 heavy (non-hydrogen) atoms. The van der Waals surface area contributed by atoms with Crippen molar-refractivity contribution in [1.29, 1.82) is 0 Å². The number of rotatable bonds is 5. The number of hydrogen-bond donors (Lipinski definition) is 0. The molecule has 1 amide bonds. The van der Waals surface area contributed by atoms with Gasteiger partial charge in [-0.25, -0.2) is 8.42 Å². The fourth-order valence-electron chi connectivity index (χ4n) is 3.10. The van der Waals surface area contributed by atoms with Crippen LogP contribution in [0, 0.1) is 5.92 Å². The minimum atomic E-state index is -3.15. The molecular formula is C16H24N2O4S. The van der Waals surface area contributed by atoms with Crippen molar-refractivity contribution in [3.63, 3.8) is 0 Å². The summed E-state index contributed by atoms with van der Waals surface area (Å²) >= 11 is 0. The number of furan rings is 1. The molecule has 7 heteroatoms. The zero-order valence-electron chi connectivity index (χ0n) is 13.7. The third kappa shape index (κ3) is 3.95. The van der Waals surface area contributed by atoms with Gasteiger partial charge in [0.15, 0.2) is 0 Å². The Kier molecular flexibility index (Phi) is 4.51. The van der Waals surface area contributed by atoms with Gasteiger partial charge in [-0.3, -0.25) is 4.79 Å². The number of carbonyl (C=O) groups excluding carboxylic acids is 1. The van der Waals surface area contributed by atoms with Crippen molar-refractivity contribution < 1.29 is 17.6 Å². The molecule has 0 unspecified atom stereocenters. The van der Waals surface area contributed by atoms with E-state index in [1.54, 1.807) is 4.90 Å². The first kappa shape index (κ1) is 16.5. The van der Waals surface area contributed by atoms with Gasteiger partial charge in [0.05, 0.1) is 6.26 Å². The molecular weight excluding hydrogens is 316 g/mol. The van der Waals surface area contributed by atoms with Gasteiger partial charge in [0.1, 0.15) is 11.5 Å². The van der Waals surface area contributed by atoms with E-state index >= 15 is 0 Å². The van der Waals surface area contributed by atoms with Gasteiger partial charge in [-0.1, -0.05) is 6.92 Å². The van der Waals surface area contributed by atoms with Crippen LogP contribution in [0.4, 0.5) is 0 Å². The van der Waals surface area contributed by atoms with Crippen LogP contribution in [0.25, 0.3) is 0 Å². The maximum atomic E-state index is 12.2. The largest absolute Gasteiger partial charge is 0.466 e. The standard InChI is InChI=1S/C16H24N2O4S/c1-12-11-14(12)15-5-3-13(22-15)4-6-16(19)17-7-9-18(10-8-17)23(2,20)21/h3,5,12,14H,4,6-11H2,1-2H3/t12-,14-/m0/s1. The molecule has 1 aromatic heterocycles. The molecule has 0 radical (unpaired) electrons. The molecule has 2 atom stereocenters. The van der Waals surface area contributed by atoms with Gasteiger partial charge in [0.25, 0.3) is 0 Å². The van der Waals surface area contributed by atoms with Crippen molar-refractivity contribution in [2.45, 2.75) is 32.1 Å². The lowest BCUT2D eigenvalue weighted by molar-refractivity contribution is -0.132. The highest BCUT2D eigenvalue weighted by Crippen LogP contribution is 2.47. The SMILES string of the molecule is C[C@H]1C[C@@H]1c1ccc(CCC(=O)N2CCN(S(C)(=O)=O)CC2)o1. The zero-order valence-corrected chi connectivity index (χ0v) is 14.5. The Morgan fingerprint density at radius 2 is 1.91 bits per heavy atom. The molecule has 2 heterocycles. The number of carbonyl (C=O) groups is 1. The molecule has 0 N–H and O–H groups in total. The van der Waals surface area contributed by atoms with Crippen LogP contribution in [0.5, 0.6) is 0 Å². The Labute approximate surface area is 137 Å². The summed E-state index contributed by atoms with van der Waals surface area (Å²) in [7, 11) is -3.15. The highest BCUT2D eigenvalue weighted by atomic mass is 32.2. The second-order valence-corrected chi connectivity index (χ2v) is 8.65. The lowest BCUT2D eigenvalue weighted by Gasteiger charge is -2.33. The summed E-state index contributed by atoms with van der Waals surface area (Å²) in [6.45, 7) is 3.92. The van der Waals surface area contributed by atoms with Crippen LogP contribution < -0.4 is 0 Å². The van der Waals surface area contributed by atoms with Crippen molar-refractivity contribution in [1.82, 2.24) is 9.21 Å². The fraction of sp³-hybridized carbons (Fsp3) is 0.688. The van der Waals surface area contributed by atoms with E-state index in [9.17, 15) is 13.2 Å². The molecule has 1 saturated heterocycles. The van der Waals surface area contributed by atoms with E-state index in [1.807, 2.05) is 12.1 Å². The normalized spacial score (nSPS) is 25.6. The second-order valence-electron chi connectivity index (χ2n) is 6.67. The predicted molar refractivity (Wildman–Crippen MR) is 86.5 cm³/mol. The Morgan fingerprint density at radius 3 is 2.48 bits per heavy atom. The van der Waals surface area contributed by atoms with Gasteiger partial charge >= 0.3 is 0 Å². The summed E-state index contributed by atoms with van der Waals surface area (Å²) in [5, 5.41) is 0. The van der Waals surface area contributed by atoms with Gasteiger partial charge in [0, 0.05) is 44.9 Å². The first-order valence-electron chi connectivity index (χ1n) is 8.16. The first-order chi connectivity index (χ1) is 10.8. The maximum absolute atomic E-state index is 12.2. The van der Waals surface area contributed by atoms with Crippen LogP contribution in [0.3, 0.4) is 0 Å². The molecule has 0 bridgehead atoms. The van der Waals surface area contributed by atoms with Crippen LogP contribution in [-0.2, 0) is 21.2 Å². The Hall–Kier alpha value is -1.34. The summed E-state index contributed by atoms with van der Waals surface area (Å²) in [6, 6.07) is 3.99. The summed E-state index contributed by atoms with van der Waals surface area (Å²) in [4.78, 5) is 14.0. The van der Waals surface area contributed by atoms with E-state index < -0.39 is 10.0 Å². The third-order valence-electron chi connectivity index (χ3n) is 4.80. The highest BCUT2D eigenvalue weighted by Gasteiger charge is 2.36. The van der Waals surface area contributed by atoms with Crippen molar-refractivity contribution in [2.75, 3.05) is 32.4 Å². The predicted octanol–water partition coefficient (Wildman–Crippen LogP) is 1.44. The number of nitrogens with zero attached hydrogens (tertiary/aromatic N) is 2. The van der Waals surface area contributed by atoms with E-state index in [4.69, 9.17) is 4.42 Å². The summed E-state index contributed by atoms with van der Waals surface area (Å²) in [5.41, 5.74) is 0. The molecule has 2 fully saturated rings. The number of sulfonamides is 1. The minimum Gasteiger partial charge on any atom is -0.466 e. The average Bonchev–Trinajstić information content (AvgIpc) is 3.06. The molecule has 1 saturated carbocycles. The Balaban J connectivity index is 1.46. The van der Waals surface area contributed by atoms with Gasteiger partial charge in [0.2, 0.25) is 15.9 Å². The fourth-order valence-corrected chi connectivity index (χ4v) is 3.93. The van der Waals surface area contributed by atoms with Gasteiger partial charge in [-0.05, 0) is 24.5 Å². The number of hydrogen-bond acceptors (Lipinski definition) is 4. The van der Waals surface area contributed by atoms with Crippen LogP contribution in [0.1, 0.15) is 37.2 Å². The third-order valence-corrected chi connectivity index (χ3v) is 6.11. The molecule has 1 aliphatic carbocycles. The van der Waals surface area contributed by atoms with Crippen molar-refractivity contribution >= 4 is 15.9 Å². The lowest BCUT2D eigenvalue weighted by atomic mass is 10.2. The number of amides is 1. The topological polar surface area (TPSA) is 70.8 Å². The summed E-state index contributed by atoms with van der Waals surface area (Å²) in [5.74, 6) is 3.24. The molecule has 2 aliphatic rings. The zero-order chi connectivity index (χ0) is 16.6. The second kappa shape index (κ2) is 6.28. The quantitative estimate of drug-likeness (QED) is 0.813. The Morgan fingerprint density at radius 1 is 1.26 bits per heavy atom. The monoisotopic (exact) mass is 340 g/mol. The van der Waals surface area contributed by atoms with Gasteiger partial charge in [-0.15, -0.1) is 0 Å². The molecule has 0 aromatic carbocycles. The number of piperazine rings is 1. The minimum absolute atomic E-state index is 0.0656.